The topological polar surface area (TPSA) is 9.72 Å². The molecule has 0 saturated heterocycles. The van der Waals surface area contributed by atoms with Crippen molar-refractivity contribution in [2.24, 2.45) is 0 Å². The van der Waals surface area contributed by atoms with E-state index in [1.54, 1.807) is 22.3 Å². The molecule has 1 aromatic heterocycles. The van der Waals surface area contributed by atoms with Gasteiger partial charge in [-0.15, -0.1) is 11.3 Å². The average Bonchev–Trinajstić information content (AvgIpc) is 3.73. The summed E-state index contributed by atoms with van der Waals surface area (Å²) >= 11 is 2.05. The van der Waals surface area contributed by atoms with E-state index in [0.29, 0.717) is 0 Å². The summed E-state index contributed by atoms with van der Waals surface area (Å²) < 4.78 is 2.85. The Hall–Kier alpha value is -6.04. The Kier molecular flexibility index (Phi) is 8.79. The largest absolute Gasteiger partial charge is 0.311 e. The Balaban J connectivity index is 1.18. The number of hydrogen-bond acceptors (Lipinski definition) is 4. The molecule has 360 valence electrons. The predicted molar refractivity (Wildman–Crippen MR) is 311 cm³/mol. The van der Waals surface area contributed by atoms with Crippen molar-refractivity contribution in [2.75, 3.05) is 14.7 Å². The minimum Gasteiger partial charge on any atom is -0.311 e. The van der Waals surface area contributed by atoms with E-state index in [-0.39, 0.29) is 39.2 Å². The van der Waals surface area contributed by atoms with Crippen LogP contribution in [0.15, 0.2) is 127 Å². The lowest BCUT2D eigenvalue weighted by atomic mass is 9.35. The average molecular weight is 958 g/mol. The summed E-state index contributed by atoms with van der Waals surface area (Å²) in [4.78, 5) is 8.07. The van der Waals surface area contributed by atoms with Gasteiger partial charge in [0.1, 0.15) is 0 Å². The van der Waals surface area contributed by atoms with E-state index < -0.39 is 0 Å². The van der Waals surface area contributed by atoms with Crippen molar-refractivity contribution in [3.63, 3.8) is 0 Å². The van der Waals surface area contributed by atoms with Gasteiger partial charge in [0.15, 0.2) is 0 Å². The number of nitrogens with zero attached hydrogens (tertiary/aromatic N) is 3. The van der Waals surface area contributed by atoms with Crippen LogP contribution in [0.4, 0.5) is 51.2 Å². The quantitative estimate of drug-likeness (QED) is 0.163. The normalized spacial score (nSPS) is 19.8. The zero-order valence-corrected chi connectivity index (χ0v) is 45.6. The molecule has 0 saturated carbocycles. The van der Waals surface area contributed by atoms with Crippen LogP contribution in [0.2, 0.25) is 0 Å². The van der Waals surface area contributed by atoms with Gasteiger partial charge in [-0.25, -0.2) is 0 Å². The molecule has 6 aliphatic rings. The molecule has 72 heavy (non-hydrogen) atoms. The molecule has 5 heterocycles. The van der Waals surface area contributed by atoms with Crippen molar-refractivity contribution in [3.8, 4) is 11.1 Å². The molecule has 1 atom stereocenters. The number of benzene rings is 7. The second-order valence-electron chi connectivity index (χ2n) is 26.7. The molecule has 0 N–H and O–H groups in total. The van der Waals surface area contributed by atoms with E-state index in [2.05, 4.69) is 243 Å². The Morgan fingerprint density at radius 2 is 1.10 bits per heavy atom. The van der Waals surface area contributed by atoms with Crippen molar-refractivity contribution < 1.29 is 0 Å². The van der Waals surface area contributed by atoms with E-state index >= 15 is 0 Å². The van der Waals surface area contributed by atoms with Crippen molar-refractivity contribution in [1.82, 2.24) is 0 Å². The summed E-state index contributed by atoms with van der Waals surface area (Å²) in [5, 5.41) is 1.42. The number of para-hydroxylation sites is 2. The van der Waals surface area contributed by atoms with Gasteiger partial charge in [0, 0.05) is 54.3 Å². The third-order valence-corrected chi connectivity index (χ3v) is 19.9. The lowest BCUT2D eigenvalue weighted by molar-refractivity contribution is 0.311. The van der Waals surface area contributed by atoms with Gasteiger partial charge >= 0.3 is 0 Å². The lowest BCUT2D eigenvalue weighted by Crippen LogP contribution is -2.62. The highest BCUT2D eigenvalue weighted by Gasteiger charge is 2.57. The third kappa shape index (κ3) is 5.75. The molecule has 4 aliphatic heterocycles. The summed E-state index contributed by atoms with van der Waals surface area (Å²) in [6, 6.07) is 50.0. The molecular formula is C67H68BN3S. The third-order valence-electron chi connectivity index (χ3n) is 18.7. The van der Waals surface area contributed by atoms with E-state index in [4.69, 9.17) is 0 Å². The van der Waals surface area contributed by atoms with E-state index in [0.717, 1.165) is 24.2 Å². The molecule has 1 unspecified atom stereocenters. The summed E-state index contributed by atoms with van der Waals surface area (Å²) in [5.41, 5.74) is 27.7. The molecule has 8 aromatic rings. The molecule has 0 bridgehead atoms. The summed E-state index contributed by atoms with van der Waals surface area (Å²) in [6.07, 6.45) is 4.66. The van der Waals surface area contributed by atoms with Crippen molar-refractivity contribution in [3.05, 3.63) is 166 Å². The Morgan fingerprint density at radius 3 is 1.74 bits per heavy atom. The van der Waals surface area contributed by atoms with E-state index in [1.807, 2.05) is 0 Å². The van der Waals surface area contributed by atoms with Crippen molar-refractivity contribution >= 4 is 95.0 Å². The van der Waals surface area contributed by atoms with Gasteiger partial charge in [0.25, 0.3) is 6.71 Å². The first kappa shape index (κ1) is 44.6. The van der Waals surface area contributed by atoms with Gasteiger partial charge in [-0.2, -0.15) is 0 Å². The van der Waals surface area contributed by atoms with Crippen LogP contribution in [0, 0.1) is 0 Å². The SMILES string of the molecule is CC(C)(C)c1ccc2c(c1)-c1c(C(C)(C)C)ccc3sc4c(c13)N2c1cc(N(c2ccccc2)c2ccccc2)cc2c1B4c1ccc3c4c1N2c1ccc2c(c1C4(C)CCC3(C)C)C(C)(C)CCC2(C)C. The summed E-state index contributed by atoms with van der Waals surface area (Å²) in [7, 11) is 0. The van der Waals surface area contributed by atoms with Crippen LogP contribution in [-0.2, 0) is 32.5 Å². The maximum absolute atomic E-state index is 2.83. The lowest BCUT2D eigenvalue weighted by Gasteiger charge is -2.56. The number of rotatable bonds is 3. The van der Waals surface area contributed by atoms with Crippen LogP contribution < -0.4 is 30.4 Å². The zero-order chi connectivity index (χ0) is 50.0. The first-order valence-corrected chi connectivity index (χ1v) is 27.7. The number of hydrogen-bond donors (Lipinski definition) is 0. The Bertz CT molecular complexity index is 3630. The van der Waals surface area contributed by atoms with Gasteiger partial charge in [0.2, 0.25) is 0 Å². The fourth-order valence-electron chi connectivity index (χ4n) is 14.9. The zero-order valence-electron chi connectivity index (χ0n) is 44.8. The van der Waals surface area contributed by atoms with Gasteiger partial charge < -0.3 is 14.7 Å². The van der Waals surface area contributed by atoms with Gasteiger partial charge in [-0.1, -0.05) is 157 Å². The predicted octanol–water partition coefficient (Wildman–Crippen LogP) is 17.1. The second-order valence-corrected chi connectivity index (χ2v) is 27.8. The van der Waals surface area contributed by atoms with Gasteiger partial charge in [-0.05, 0) is 169 Å². The monoisotopic (exact) mass is 958 g/mol. The maximum Gasteiger partial charge on any atom is 0.264 e. The number of fused-ring (bicyclic) bond motifs is 12. The molecule has 0 fully saturated rings. The highest BCUT2D eigenvalue weighted by Crippen LogP contribution is 2.66. The van der Waals surface area contributed by atoms with Gasteiger partial charge in [-0.3, -0.25) is 0 Å². The smallest absolute Gasteiger partial charge is 0.264 e. The fraction of sp³-hybridized carbons (Fsp3) is 0.343. The second kappa shape index (κ2) is 14.2. The van der Waals surface area contributed by atoms with Gasteiger partial charge in [0.05, 0.1) is 22.7 Å². The molecule has 3 nitrogen and oxygen atoms in total. The fourth-order valence-corrected chi connectivity index (χ4v) is 16.2. The van der Waals surface area contributed by atoms with Crippen LogP contribution >= 0.6 is 11.3 Å². The standard InChI is InChI=1S/C67H68BN3S/c1-62(2,3)39-24-29-48-43(36-39)53-44(63(4,5)6)27-31-52-54(53)60-61(72-52)68-47-28-25-46-56-59(47)71(49-30-26-45-55(66(11,12)33-32-64(45,7)8)57(49)67(56,13)35-34-65(46,9)10)51-38-42(37-50(58(51)68)70(48)60)69(40-20-16-14-17-21-40)41-22-18-15-19-23-41/h14-31,36-38H,32-35H2,1-13H3. The Morgan fingerprint density at radius 1 is 0.514 bits per heavy atom. The molecule has 2 aliphatic carbocycles. The van der Waals surface area contributed by atoms with E-state index in [9.17, 15) is 0 Å². The van der Waals surface area contributed by atoms with Crippen LogP contribution in [0.25, 0.3) is 21.2 Å². The summed E-state index contributed by atoms with van der Waals surface area (Å²) in [5.74, 6) is 0. The first-order valence-electron chi connectivity index (χ1n) is 26.9. The number of thiophene rings is 1. The van der Waals surface area contributed by atoms with Crippen LogP contribution in [-0.4, -0.2) is 6.71 Å². The van der Waals surface area contributed by atoms with Crippen LogP contribution in [0.5, 0.6) is 0 Å². The van der Waals surface area contributed by atoms with Crippen molar-refractivity contribution in [1.29, 1.82) is 0 Å². The summed E-state index contributed by atoms with van der Waals surface area (Å²) in [6.45, 7) is 32.2. The van der Waals surface area contributed by atoms with E-state index in [1.165, 1.54) is 106 Å². The van der Waals surface area contributed by atoms with Crippen LogP contribution in [0.1, 0.15) is 155 Å². The van der Waals surface area contributed by atoms with Crippen LogP contribution in [0.3, 0.4) is 0 Å². The molecule has 7 aromatic carbocycles. The minimum absolute atomic E-state index is 0.0145. The molecular weight excluding hydrogens is 890 g/mol. The maximum atomic E-state index is 2.83. The highest BCUT2D eigenvalue weighted by molar-refractivity contribution is 7.34. The first-order chi connectivity index (χ1) is 34.1. The molecule has 14 rings (SSSR count). The highest BCUT2D eigenvalue weighted by atomic mass is 32.1. The molecule has 0 radical (unpaired) electrons. The molecule has 0 spiro atoms. The van der Waals surface area contributed by atoms with Crippen molar-refractivity contribution in [2.45, 2.75) is 148 Å². The minimum atomic E-state index is -0.163. The number of anilines is 9. The molecule has 0 amide bonds. The Labute approximate surface area is 433 Å². The molecule has 5 heteroatoms.